The molecule has 146 valence electrons. The van der Waals surface area contributed by atoms with Crippen molar-refractivity contribution in [3.8, 4) is 5.75 Å². The summed E-state index contributed by atoms with van der Waals surface area (Å²) in [5.74, 6) is 0.0253. The summed E-state index contributed by atoms with van der Waals surface area (Å²) in [6, 6.07) is 20.2. The van der Waals surface area contributed by atoms with Gasteiger partial charge in [-0.1, -0.05) is 71.8 Å². The predicted molar refractivity (Wildman–Crippen MR) is 121 cm³/mol. The van der Waals surface area contributed by atoms with Gasteiger partial charge in [0.25, 0.3) is 0 Å². The van der Waals surface area contributed by atoms with Crippen LogP contribution in [0, 0.1) is 13.8 Å². The molecule has 2 nitrogen and oxygen atoms in total. The maximum Gasteiger partial charge on any atom is 0.186 e. The zero-order valence-electron chi connectivity index (χ0n) is 17.1. The van der Waals surface area contributed by atoms with Crippen LogP contribution in [0.15, 0.2) is 84.5 Å². The molecule has 3 aromatic rings. The molecule has 0 aliphatic heterocycles. The summed E-state index contributed by atoms with van der Waals surface area (Å²) in [7, 11) is 0. The molecule has 30 heavy (non-hydrogen) atoms. The first-order chi connectivity index (χ1) is 14.5. The van der Waals surface area contributed by atoms with Crippen LogP contribution in [-0.2, 0) is 11.2 Å². The third-order valence-corrected chi connectivity index (χ3v) is 5.90. The first-order valence-corrected chi connectivity index (χ1v) is 10.2. The first kappa shape index (κ1) is 18.4. The lowest BCUT2D eigenvalue weighted by Gasteiger charge is -2.26. The van der Waals surface area contributed by atoms with Gasteiger partial charge in [0.1, 0.15) is 5.75 Å². The van der Waals surface area contributed by atoms with Crippen LogP contribution in [0.5, 0.6) is 5.75 Å². The number of rotatable bonds is 1. The standard InChI is InChI=1S/C28H22O2/c1-17-7-10-22-20(13-17)15-21-14-18(2)8-11-23(21)28(22)19-9-12-27(30)25(16-19)24-5-3-4-6-26(24)29/h3-14,16,29H,15H2,1-2H3. The summed E-state index contributed by atoms with van der Waals surface area (Å²) in [5, 5.41) is 10.3. The molecule has 0 radical (unpaired) electrons. The van der Waals surface area contributed by atoms with Gasteiger partial charge < -0.3 is 5.11 Å². The van der Waals surface area contributed by atoms with Crippen molar-refractivity contribution < 1.29 is 9.90 Å². The van der Waals surface area contributed by atoms with Crippen LogP contribution in [0.4, 0.5) is 0 Å². The van der Waals surface area contributed by atoms with Crippen LogP contribution in [0.1, 0.15) is 38.9 Å². The maximum atomic E-state index is 12.7. The Morgan fingerprint density at radius 3 is 2.03 bits per heavy atom. The Morgan fingerprint density at radius 2 is 1.40 bits per heavy atom. The normalized spacial score (nSPS) is 15.0. The topological polar surface area (TPSA) is 37.3 Å². The molecule has 2 aliphatic rings. The highest BCUT2D eigenvalue weighted by Crippen LogP contribution is 2.41. The predicted octanol–water partition coefficient (Wildman–Crippen LogP) is 5.94. The molecule has 0 saturated carbocycles. The molecule has 3 aromatic carbocycles. The van der Waals surface area contributed by atoms with Crippen molar-refractivity contribution in [2.24, 2.45) is 0 Å². The van der Waals surface area contributed by atoms with Crippen molar-refractivity contribution in [3.05, 3.63) is 123 Å². The van der Waals surface area contributed by atoms with Crippen LogP contribution in [-0.4, -0.2) is 10.9 Å². The van der Waals surface area contributed by atoms with Crippen molar-refractivity contribution in [1.82, 2.24) is 0 Å². The zero-order chi connectivity index (χ0) is 20.8. The number of aryl methyl sites for hydroxylation is 2. The van der Waals surface area contributed by atoms with E-state index in [0.717, 1.165) is 17.6 Å². The van der Waals surface area contributed by atoms with Gasteiger partial charge in [0.15, 0.2) is 5.78 Å². The van der Waals surface area contributed by atoms with Crippen molar-refractivity contribution in [1.29, 1.82) is 0 Å². The van der Waals surface area contributed by atoms with Gasteiger partial charge in [0.05, 0.1) is 0 Å². The third kappa shape index (κ3) is 3.02. The summed E-state index contributed by atoms with van der Waals surface area (Å²) < 4.78 is 0. The Hall–Kier alpha value is -3.65. The summed E-state index contributed by atoms with van der Waals surface area (Å²) in [4.78, 5) is 12.7. The van der Waals surface area contributed by atoms with E-state index in [0.29, 0.717) is 11.1 Å². The quantitative estimate of drug-likeness (QED) is 0.437. The lowest BCUT2D eigenvalue weighted by atomic mass is 9.78. The molecule has 0 amide bonds. The monoisotopic (exact) mass is 390 g/mol. The highest BCUT2D eigenvalue weighted by Gasteiger charge is 2.25. The molecular weight excluding hydrogens is 368 g/mol. The van der Waals surface area contributed by atoms with E-state index < -0.39 is 0 Å². The van der Waals surface area contributed by atoms with Crippen molar-refractivity contribution in [3.63, 3.8) is 0 Å². The van der Waals surface area contributed by atoms with Crippen molar-refractivity contribution in [2.75, 3.05) is 0 Å². The van der Waals surface area contributed by atoms with Crippen molar-refractivity contribution >= 4 is 16.9 Å². The number of carbonyl (C=O) groups is 1. The highest BCUT2D eigenvalue weighted by molar-refractivity contribution is 6.28. The fraction of sp³-hybridized carbons (Fsp3) is 0.107. The number of hydrogen-bond acceptors (Lipinski definition) is 2. The Kier molecular flexibility index (Phi) is 4.29. The van der Waals surface area contributed by atoms with Crippen LogP contribution in [0.2, 0.25) is 0 Å². The van der Waals surface area contributed by atoms with E-state index in [1.165, 1.54) is 33.4 Å². The smallest absolute Gasteiger partial charge is 0.186 e. The van der Waals surface area contributed by atoms with E-state index in [2.05, 4.69) is 50.2 Å². The Bertz CT molecular complexity index is 1250. The zero-order valence-corrected chi connectivity index (χ0v) is 17.1. The number of para-hydroxylation sites is 1. The Balaban J connectivity index is 1.79. The molecule has 2 heteroatoms. The van der Waals surface area contributed by atoms with Gasteiger partial charge >= 0.3 is 0 Å². The molecule has 0 heterocycles. The van der Waals surface area contributed by atoms with Crippen LogP contribution >= 0.6 is 0 Å². The molecule has 0 fully saturated rings. The van der Waals surface area contributed by atoms with E-state index in [-0.39, 0.29) is 11.5 Å². The first-order valence-electron chi connectivity index (χ1n) is 10.2. The third-order valence-electron chi connectivity index (χ3n) is 5.90. The van der Waals surface area contributed by atoms with E-state index in [4.69, 9.17) is 0 Å². The van der Waals surface area contributed by atoms with Gasteiger partial charge in [-0.3, -0.25) is 4.79 Å². The number of hydrogen-bond donors (Lipinski definition) is 1. The number of benzene rings is 3. The van der Waals surface area contributed by atoms with Crippen LogP contribution < -0.4 is 0 Å². The largest absolute Gasteiger partial charge is 0.507 e. The van der Waals surface area contributed by atoms with Gasteiger partial charge in [-0.25, -0.2) is 0 Å². The fourth-order valence-electron chi connectivity index (χ4n) is 4.48. The molecule has 0 aromatic heterocycles. The van der Waals surface area contributed by atoms with Crippen molar-refractivity contribution in [2.45, 2.75) is 20.3 Å². The minimum absolute atomic E-state index is 0.0927. The SMILES string of the molecule is Cc1ccc2c(c1)Cc1cc(C)ccc1C2=C1C=CC(=O)C(c2ccccc2O)=C1. The molecule has 0 bridgehead atoms. The average molecular weight is 390 g/mol. The average Bonchev–Trinajstić information content (AvgIpc) is 2.73. The molecule has 0 unspecified atom stereocenters. The Labute approximate surface area is 176 Å². The number of ketones is 1. The summed E-state index contributed by atoms with van der Waals surface area (Å²) in [5.41, 5.74) is 10.7. The van der Waals surface area contributed by atoms with Gasteiger partial charge in [-0.2, -0.15) is 0 Å². The van der Waals surface area contributed by atoms with E-state index in [9.17, 15) is 9.90 Å². The number of fused-ring (bicyclic) bond motifs is 2. The maximum absolute atomic E-state index is 12.7. The van der Waals surface area contributed by atoms with Gasteiger partial charge in [0.2, 0.25) is 0 Å². The van der Waals surface area contributed by atoms with Crippen LogP contribution in [0.25, 0.3) is 11.1 Å². The second kappa shape index (κ2) is 7.00. The molecule has 0 atom stereocenters. The summed E-state index contributed by atoms with van der Waals surface area (Å²) in [6.45, 7) is 4.24. The number of phenols is 1. The van der Waals surface area contributed by atoms with Gasteiger partial charge in [-0.15, -0.1) is 0 Å². The van der Waals surface area contributed by atoms with E-state index in [1.807, 2.05) is 18.2 Å². The minimum atomic E-state index is -0.0927. The van der Waals surface area contributed by atoms with Crippen LogP contribution in [0.3, 0.4) is 0 Å². The number of aromatic hydroxyl groups is 1. The molecule has 0 saturated heterocycles. The van der Waals surface area contributed by atoms with Gasteiger partial charge in [0, 0.05) is 11.1 Å². The molecule has 2 aliphatic carbocycles. The van der Waals surface area contributed by atoms with E-state index >= 15 is 0 Å². The van der Waals surface area contributed by atoms with E-state index in [1.54, 1.807) is 24.3 Å². The second-order valence-electron chi connectivity index (χ2n) is 8.10. The Morgan fingerprint density at radius 1 is 0.767 bits per heavy atom. The highest BCUT2D eigenvalue weighted by atomic mass is 16.3. The van der Waals surface area contributed by atoms with Gasteiger partial charge in [-0.05, 0) is 71.9 Å². The number of allylic oxidation sites excluding steroid dienone is 5. The fourth-order valence-corrected chi connectivity index (χ4v) is 4.48. The lowest BCUT2D eigenvalue weighted by Crippen LogP contribution is -2.10. The second-order valence-corrected chi connectivity index (χ2v) is 8.10. The molecule has 1 N–H and O–H groups in total. The number of carbonyl (C=O) groups excluding carboxylic acids is 1. The summed E-state index contributed by atoms with van der Waals surface area (Å²) >= 11 is 0. The molecule has 0 spiro atoms. The lowest BCUT2D eigenvalue weighted by molar-refractivity contribution is -0.109. The number of phenolic OH excluding ortho intramolecular Hbond substituents is 1. The molecule has 5 rings (SSSR count). The molecular formula is C28H22O2. The summed E-state index contributed by atoms with van der Waals surface area (Å²) in [6.07, 6.45) is 6.34. The minimum Gasteiger partial charge on any atom is -0.507 e.